The number of hydrogen-bond acceptors (Lipinski definition) is 5. The van der Waals surface area contributed by atoms with Gasteiger partial charge < -0.3 is 24.9 Å². The first-order valence-electron chi connectivity index (χ1n) is 11.1. The van der Waals surface area contributed by atoms with Crippen LogP contribution in [0.1, 0.15) is 44.4 Å². The van der Waals surface area contributed by atoms with Gasteiger partial charge in [-0.3, -0.25) is 0 Å². The summed E-state index contributed by atoms with van der Waals surface area (Å²) < 4.78 is 40.5. The van der Waals surface area contributed by atoms with Crippen molar-refractivity contribution in [2.75, 3.05) is 19.7 Å². The molecule has 33 heavy (non-hydrogen) atoms. The van der Waals surface area contributed by atoms with E-state index in [0.717, 1.165) is 12.2 Å². The highest BCUT2D eigenvalue weighted by Gasteiger charge is 2.47. The molecule has 11 heteroatoms. The largest absolute Gasteiger partial charge is 0.618 e. The lowest BCUT2D eigenvalue weighted by Gasteiger charge is -2.39. The van der Waals surface area contributed by atoms with E-state index in [2.05, 4.69) is 25.0 Å². The Balaban J connectivity index is 2.08. The third kappa shape index (κ3) is 8.45. The Kier molecular flexibility index (Phi) is 8.31. The van der Waals surface area contributed by atoms with E-state index in [9.17, 15) is 23.6 Å². The zero-order valence-corrected chi connectivity index (χ0v) is 21.2. The summed E-state index contributed by atoms with van der Waals surface area (Å²) in [7, 11) is -1.35. The predicted molar refractivity (Wildman–Crippen MR) is 122 cm³/mol. The first-order chi connectivity index (χ1) is 15.1. The van der Waals surface area contributed by atoms with Crippen molar-refractivity contribution < 1.29 is 32.6 Å². The Morgan fingerprint density at radius 1 is 1.33 bits per heavy atom. The minimum absolute atomic E-state index is 0.0971. The van der Waals surface area contributed by atoms with Gasteiger partial charge in [0.15, 0.2) is 6.20 Å². The van der Waals surface area contributed by atoms with Gasteiger partial charge in [-0.05, 0) is 32.4 Å². The average molecular weight is 488 g/mol. The molecule has 1 N–H and O–H groups in total. The molecular weight excluding hydrogens is 452 g/mol. The average Bonchev–Trinajstić information content (AvgIpc) is 2.65. The summed E-state index contributed by atoms with van der Waals surface area (Å²) in [6, 6.07) is 3.47. The maximum absolute atomic E-state index is 14.8. The van der Waals surface area contributed by atoms with E-state index >= 15 is 0 Å². The Morgan fingerprint density at radius 2 is 2.00 bits per heavy atom. The van der Waals surface area contributed by atoms with Crippen LogP contribution in [0.25, 0.3) is 0 Å². The summed E-state index contributed by atoms with van der Waals surface area (Å²) >= 11 is 0. The number of alkyl halides is 2. The lowest BCUT2D eigenvalue weighted by Crippen LogP contribution is -2.49. The highest BCUT2D eigenvalue weighted by atomic mass is 28.3. The second kappa shape index (κ2) is 10.2. The summed E-state index contributed by atoms with van der Waals surface area (Å²) in [5, 5.41) is 14.7. The molecule has 1 aromatic heterocycles. The van der Waals surface area contributed by atoms with Crippen LogP contribution in [0.4, 0.5) is 18.4 Å². The molecule has 1 aliphatic rings. The van der Waals surface area contributed by atoms with Crippen LogP contribution >= 0.6 is 0 Å². The number of nitrogens with one attached hydrogen (secondary N) is 1. The molecular formula is C22H35F2N3O5Si. The Labute approximate surface area is 194 Å². The maximum atomic E-state index is 14.8. The molecule has 2 rings (SSSR count). The van der Waals surface area contributed by atoms with E-state index in [-0.39, 0.29) is 37.5 Å². The fraction of sp³-hybridized carbons (Fsp3) is 0.682. The minimum atomic E-state index is -3.06. The highest BCUT2D eigenvalue weighted by Crippen LogP contribution is 2.40. The van der Waals surface area contributed by atoms with Crippen LogP contribution in [-0.2, 0) is 16.0 Å². The number of halogens is 2. The van der Waals surface area contributed by atoms with Gasteiger partial charge in [-0.2, -0.15) is 4.73 Å². The molecule has 1 aliphatic heterocycles. The van der Waals surface area contributed by atoms with E-state index in [0.29, 0.717) is 4.73 Å². The molecule has 0 radical (unpaired) electrons. The number of piperidine rings is 1. The van der Waals surface area contributed by atoms with Crippen molar-refractivity contribution in [2.45, 2.75) is 76.9 Å². The van der Waals surface area contributed by atoms with Gasteiger partial charge >= 0.3 is 12.2 Å². The standard InChI is InChI=1S/C22H35F2N3O5Si/c1-21(2,3)32-20(29)26-10-8-22(23,24)18(15-26)16-7-9-27(30)17(13-16)14-25-19(28)31-11-12-33(4,5)6/h7,9,13,18H,8,10-12,14-15H2,1-6H3,(H,25,28). The number of likely N-dealkylation sites (tertiary alicyclic amines) is 1. The topological polar surface area (TPSA) is 94.8 Å². The van der Waals surface area contributed by atoms with Crippen molar-refractivity contribution in [3.63, 3.8) is 0 Å². The normalized spacial score (nSPS) is 18.5. The summed E-state index contributed by atoms with van der Waals surface area (Å²) in [4.78, 5) is 25.6. The molecule has 1 aromatic rings. The van der Waals surface area contributed by atoms with Crippen LogP contribution in [0.5, 0.6) is 0 Å². The van der Waals surface area contributed by atoms with Gasteiger partial charge in [0.2, 0.25) is 5.69 Å². The van der Waals surface area contributed by atoms with E-state index in [1.807, 2.05) is 0 Å². The van der Waals surface area contributed by atoms with E-state index in [1.54, 1.807) is 20.8 Å². The number of pyridine rings is 1. The number of hydrogen-bond donors (Lipinski definition) is 1. The van der Waals surface area contributed by atoms with Gasteiger partial charge in [0.05, 0.1) is 12.5 Å². The number of amides is 2. The van der Waals surface area contributed by atoms with Crippen molar-refractivity contribution in [1.82, 2.24) is 10.2 Å². The molecule has 2 heterocycles. The zero-order valence-electron chi connectivity index (χ0n) is 20.2. The van der Waals surface area contributed by atoms with Crippen LogP contribution in [0.3, 0.4) is 0 Å². The van der Waals surface area contributed by atoms with Crippen LogP contribution in [0, 0.1) is 5.21 Å². The number of aromatic nitrogens is 1. The predicted octanol–water partition coefficient (Wildman–Crippen LogP) is 4.24. The van der Waals surface area contributed by atoms with Crippen LogP contribution in [-0.4, -0.2) is 56.4 Å². The number of alkyl carbamates (subject to hydrolysis) is 1. The molecule has 8 nitrogen and oxygen atoms in total. The number of carbonyl (C=O) groups is 2. The molecule has 1 fully saturated rings. The van der Waals surface area contributed by atoms with Crippen molar-refractivity contribution in [2.24, 2.45) is 0 Å². The summed E-state index contributed by atoms with van der Waals surface area (Å²) in [6.45, 7) is 11.4. The van der Waals surface area contributed by atoms with Crippen molar-refractivity contribution >= 4 is 20.3 Å². The fourth-order valence-corrected chi connectivity index (χ4v) is 4.02. The van der Waals surface area contributed by atoms with Gasteiger partial charge in [-0.1, -0.05) is 19.6 Å². The molecule has 0 aliphatic carbocycles. The van der Waals surface area contributed by atoms with Gasteiger partial charge in [-0.15, -0.1) is 0 Å². The van der Waals surface area contributed by atoms with E-state index < -0.39 is 44.1 Å². The van der Waals surface area contributed by atoms with Crippen LogP contribution in [0.2, 0.25) is 25.7 Å². The van der Waals surface area contributed by atoms with Gasteiger partial charge in [0.25, 0.3) is 5.92 Å². The van der Waals surface area contributed by atoms with Gasteiger partial charge in [-0.25, -0.2) is 18.4 Å². The number of rotatable bonds is 6. The monoisotopic (exact) mass is 487 g/mol. The van der Waals surface area contributed by atoms with Crippen LogP contribution < -0.4 is 10.0 Å². The Bertz CT molecular complexity index is 855. The second-order valence-corrected chi connectivity index (χ2v) is 16.2. The third-order valence-electron chi connectivity index (χ3n) is 5.20. The highest BCUT2D eigenvalue weighted by molar-refractivity contribution is 6.76. The molecule has 2 amide bonds. The molecule has 0 spiro atoms. The second-order valence-electron chi connectivity index (χ2n) is 10.6. The molecule has 0 bridgehead atoms. The molecule has 186 valence electrons. The Morgan fingerprint density at radius 3 is 2.61 bits per heavy atom. The number of ether oxygens (including phenoxy) is 2. The summed E-state index contributed by atoms with van der Waals surface area (Å²) in [6.07, 6.45) is -0.704. The minimum Gasteiger partial charge on any atom is -0.618 e. The van der Waals surface area contributed by atoms with Crippen molar-refractivity contribution in [3.05, 3.63) is 34.8 Å². The lowest BCUT2D eigenvalue weighted by atomic mass is 9.87. The van der Waals surface area contributed by atoms with Crippen LogP contribution in [0.15, 0.2) is 18.3 Å². The SMILES string of the molecule is CC(C)(C)OC(=O)N1CCC(F)(F)C(c2cc[n+]([O-])c(CNC(=O)OCC[Si](C)(C)C)c2)C1. The molecule has 0 saturated carbocycles. The quantitative estimate of drug-likeness (QED) is 0.368. The van der Waals surface area contributed by atoms with E-state index in [4.69, 9.17) is 9.47 Å². The molecule has 0 aromatic carbocycles. The first kappa shape index (κ1) is 26.8. The lowest BCUT2D eigenvalue weighted by molar-refractivity contribution is -0.614. The maximum Gasteiger partial charge on any atom is 0.410 e. The van der Waals surface area contributed by atoms with Gasteiger partial charge in [0.1, 0.15) is 12.1 Å². The first-order valence-corrected chi connectivity index (χ1v) is 14.8. The number of carbonyl (C=O) groups excluding carboxylic acids is 2. The van der Waals surface area contributed by atoms with Crippen molar-refractivity contribution in [3.8, 4) is 0 Å². The summed E-state index contributed by atoms with van der Waals surface area (Å²) in [5.74, 6) is -4.36. The third-order valence-corrected chi connectivity index (χ3v) is 6.90. The zero-order chi connectivity index (χ0) is 25.0. The van der Waals surface area contributed by atoms with Crippen molar-refractivity contribution in [1.29, 1.82) is 0 Å². The molecule has 1 unspecified atom stereocenters. The fourth-order valence-electron chi connectivity index (χ4n) is 3.31. The number of nitrogens with zero attached hydrogens (tertiary/aromatic N) is 2. The molecule has 1 atom stereocenters. The van der Waals surface area contributed by atoms with E-state index in [1.165, 1.54) is 17.0 Å². The molecule has 1 saturated heterocycles. The smallest absolute Gasteiger partial charge is 0.410 e. The van der Waals surface area contributed by atoms with Gasteiger partial charge in [0, 0.05) is 39.7 Å². The Hall–Kier alpha value is -2.43. The summed E-state index contributed by atoms with van der Waals surface area (Å²) in [5.41, 5.74) is -0.431.